The van der Waals surface area contributed by atoms with Crippen LogP contribution in [0.2, 0.25) is 0 Å². The van der Waals surface area contributed by atoms with Crippen molar-refractivity contribution in [2.45, 2.75) is 6.10 Å². The summed E-state index contributed by atoms with van der Waals surface area (Å²) in [4.78, 5) is 10.5. The van der Waals surface area contributed by atoms with Gasteiger partial charge in [-0.3, -0.25) is 26.4 Å². The van der Waals surface area contributed by atoms with Gasteiger partial charge in [0.2, 0.25) is 5.90 Å². The van der Waals surface area contributed by atoms with Crippen LogP contribution >= 0.6 is 0 Å². The second-order valence-corrected chi connectivity index (χ2v) is 6.59. The van der Waals surface area contributed by atoms with Crippen molar-refractivity contribution in [3.63, 3.8) is 0 Å². The van der Waals surface area contributed by atoms with Crippen molar-refractivity contribution in [2.75, 3.05) is 10.9 Å². The zero-order valence-corrected chi connectivity index (χ0v) is 16.2. The number of rotatable bonds is 6. The molecule has 9 heteroatoms. The molecule has 4 rings (SSSR count). The summed E-state index contributed by atoms with van der Waals surface area (Å²) in [5.74, 6) is -0.152. The van der Waals surface area contributed by atoms with Crippen molar-refractivity contribution in [2.24, 2.45) is 10.2 Å². The summed E-state index contributed by atoms with van der Waals surface area (Å²) in [6, 6.07) is 24.6. The number of non-ortho nitro benzene ring substituents is 1. The Hall–Kier alpha value is -4.53. The van der Waals surface area contributed by atoms with Crippen LogP contribution < -0.4 is 10.9 Å². The first-order chi connectivity index (χ1) is 15.1. The number of hydrazone groups is 2. The number of nitro benzene ring substituents is 1. The molecule has 1 fully saturated rings. The predicted molar refractivity (Wildman–Crippen MR) is 120 cm³/mol. The van der Waals surface area contributed by atoms with Gasteiger partial charge in [-0.15, -0.1) is 0 Å². The van der Waals surface area contributed by atoms with E-state index in [1.807, 2.05) is 60.7 Å². The number of hydrogen-bond acceptors (Lipinski definition) is 8. The van der Waals surface area contributed by atoms with E-state index in [0.29, 0.717) is 11.3 Å². The van der Waals surface area contributed by atoms with E-state index in [-0.39, 0.29) is 17.3 Å². The van der Waals surface area contributed by atoms with Crippen LogP contribution in [-0.2, 0) is 4.74 Å². The van der Waals surface area contributed by atoms with Gasteiger partial charge in [-0.05, 0) is 42.0 Å². The van der Waals surface area contributed by atoms with Gasteiger partial charge in [-0.1, -0.05) is 36.4 Å². The van der Waals surface area contributed by atoms with E-state index in [1.165, 1.54) is 12.1 Å². The molecule has 0 spiro atoms. The number of anilines is 2. The van der Waals surface area contributed by atoms with Crippen LogP contribution in [0.4, 0.5) is 17.1 Å². The molecule has 1 saturated heterocycles. The Morgan fingerprint density at radius 2 is 1.39 bits per heavy atom. The molecule has 0 radical (unpaired) electrons. The van der Waals surface area contributed by atoms with Gasteiger partial charge in [0.25, 0.3) is 5.69 Å². The highest BCUT2D eigenvalue weighted by atomic mass is 16.6. The normalized spacial score (nSPS) is 18.1. The van der Waals surface area contributed by atoms with Gasteiger partial charge in [0.1, 0.15) is 5.71 Å². The molecular weight excluding hydrogens is 396 g/mol. The fourth-order valence-electron chi connectivity index (χ4n) is 2.96. The van der Waals surface area contributed by atoms with Crippen LogP contribution in [-0.4, -0.2) is 22.2 Å². The number of nitrogens with one attached hydrogen (secondary N) is 3. The SMILES string of the molecule is N=C1OC(c2ccc([N+](=O)[O-])cc2)C(=N\Nc2ccccc2)/C1=N/Nc1ccccc1. The van der Waals surface area contributed by atoms with Crippen LogP contribution in [0, 0.1) is 15.5 Å². The second kappa shape index (κ2) is 8.87. The molecule has 3 N–H and O–H groups in total. The maximum absolute atomic E-state index is 11.0. The summed E-state index contributed by atoms with van der Waals surface area (Å²) in [5.41, 5.74) is 8.57. The largest absolute Gasteiger partial charge is 0.461 e. The Morgan fingerprint density at radius 1 is 0.839 bits per heavy atom. The highest BCUT2D eigenvalue weighted by molar-refractivity contribution is 6.69. The zero-order chi connectivity index (χ0) is 21.6. The van der Waals surface area contributed by atoms with Crippen LogP contribution in [0.25, 0.3) is 0 Å². The molecule has 0 amide bonds. The number of nitrogens with zero attached hydrogens (tertiary/aromatic N) is 3. The molecule has 1 unspecified atom stereocenters. The fraction of sp³-hybridized carbons (Fsp3) is 0.0455. The topological polar surface area (TPSA) is 125 Å². The van der Waals surface area contributed by atoms with Crippen LogP contribution in [0.1, 0.15) is 11.7 Å². The molecular formula is C22H18N6O3. The van der Waals surface area contributed by atoms with E-state index in [4.69, 9.17) is 10.1 Å². The standard InChI is InChI=1S/C22H18N6O3/c23-22-20(27-25-17-9-5-2-6-10-17)19(26-24-16-7-3-1-4-8-16)21(31-22)15-11-13-18(14-12-15)28(29)30/h1-14,21,23-25H/b23-22?,26-19-,27-20-. The second-order valence-electron chi connectivity index (χ2n) is 6.59. The Morgan fingerprint density at radius 3 is 1.94 bits per heavy atom. The number of nitro groups is 1. The lowest BCUT2D eigenvalue weighted by molar-refractivity contribution is -0.384. The van der Waals surface area contributed by atoms with Crippen LogP contribution in [0.15, 0.2) is 95.1 Å². The van der Waals surface area contributed by atoms with Crippen molar-refractivity contribution in [3.05, 3.63) is 101 Å². The molecule has 0 saturated carbocycles. The minimum absolute atomic E-state index is 0.0302. The lowest BCUT2D eigenvalue weighted by Gasteiger charge is -2.11. The Balaban J connectivity index is 1.68. The number of benzene rings is 3. The van der Waals surface area contributed by atoms with Crippen molar-refractivity contribution in [3.8, 4) is 0 Å². The Kier molecular flexibility index (Phi) is 5.66. The van der Waals surface area contributed by atoms with Gasteiger partial charge in [0, 0.05) is 12.1 Å². The average molecular weight is 414 g/mol. The third kappa shape index (κ3) is 4.56. The van der Waals surface area contributed by atoms with Gasteiger partial charge >= 0.3 is 0 Å². The molecule has 1 aliphatic heterocycles. The smallest absolute Gasteiger partial charge is 0.269 e. The minimum Gasteiger partial charge on any atom is -0.461 e. The molecule has 1 atom stereocenters. The summed E-state index contributed by atoms with van der Waals surface area (Å²) in [6.45, 7) is 0. The van der Waals surface area contributed by atoms with Crippen molar-refractivity contribution in [1.82, 2.24) is 0 Å². The highest BCUT2D eigenvalue weighted by Gasteiger charge is 2.37. The molecule has 0 aliphatic carbocycles. The Bertz CT molecular complexity index is 1140. The Labute approximate surface area is 177 Å². The minimum atomic E-state index is -0.735. The summed E-state index contributed by atoms with van der Waals surface area (Å²) >= 11 is 0. The maximum Gasteiger partial charge on any atom is 0.269 e. The molecule has 31 heavy (non-hydrogen) atoms. The van der Waals surface area contributed by atoms with Gasteiger partial charge in [0.15, 0.2) is 11.8 Å². The summed E-state index contributed by atoms with van der Waals surface area (Å²) in [7, 11) is 0. The van der Waals surface area contributed by atoms with E-state index in [9.17, 15) is 10.1 Å². The van der Waals surface area contributed by atoms with Crippen LogP contribution in [0.5, 0.6) is 0 Å². The monoisotopic (exact) mass is 414 g/mol. The third-order valence-electron chi connectivity index (χ3n) is 4.50. The first-order valence-corrected chi connectivity index (χ1v) is 9.39. The molecule has 3 aromatic rings. The van der Waals surface area contributed by atoms with E-state index >= 15 is 0 Å². The van der Waals surface area contributed by atoms with E-state index in [1.54, 1.807) is 12.1 Å². The molecule has 1 aliphatic rings. The zero-order valence-electron chi connectivity index (χ0n) is 16.2. The van der Waals surface area contributed by atoms with Gasteiger partial charge < -0.3 is 4.74 Å². The molecule has 1 heterocycles. The quantitative estimate of drug-likeness (QED) is 0.402. The molecule has 0 aromatic heterocycles. The molecule has 9 nitrogen and oxygen atoms in total. The van der Waals surface area contributed by atoms with Gasteiger partial charge in [-0.25, -0.2) is 0 Å². The average Bonchev–Trinajstić information content (AvgIpc) is 3.12. The lowest BCUT2D eigenvalue weighted by Crippen LogP contribution is -2.19. The van der Waals surface area contributed by atoms with E-state index in [0.717, 1.165) is 11.4 Å². The summed E-state index contributed by atoms with van der Waals surface area (Å²) in [6.07, 6.45) is -0.735. The van der Waals surface area contributed by atoms with Gasteiger partial charge in [-0.2, -0.15) is 10.2 Å². The molecule has 3 aromatic carbocycles. The summed E-state index contributed by atoms with van der Waals surface area (Å²) < 4.78 is 5.72. The number of ether oxygens (including phenoxy) is 1. The number of hydrogen-bond donors (Lipinski definition) is 3. The fourth-order valence-corrected chi connectivity index (χ4v) is 2.96. The van der Waals surface area contributed by atoms with Crippen molar-refractivity contribution < 1.29 is 9.66 Å². The van der Waals surface area contributed by atoms with Crippen molar-refractivity contribution in [1.29, 1.82) is 5.41 Å². The lowest BCUT2D eigenvalue weighted by atomic mass is 10.0. The summed E-state index contributed by atoms with van der Waals surface area (Å²) in [5, 5.41) is 28.0. The first-order valence-electron chi connectivity index (χ1n) is 9.39. The van der Waals surface area contributed by atoms with Gasteiger partial charge in [0.05, 0.1) is 16.3 Å². The molecule has 154 valence electrons. The van der Waals surface area contributed by atoms with Crippen LogP contribution in [0.3, 0.4) is 0 Å². The number of para-hydroxylation sites is 2. The van der Waals surface area contributed by atoms with E-state index in [2.05, 4.69) is 21.1 Å². The first kappa shape index (κ1) is 19.8. The maximum atomic E-state index is 11.0. The predicted octanol–water partition coefficient (Wildman–Crippen LogP) is 4.58. The third-order valence-corrected chi connectivity index (χ3v) is 4.50. The molecule has 0 bridgehead atoms. The highest BCUT2D eigenvalue weighted by Crippen LogP contribution is 2.28. The van der Waals surface area contributed by atoms with Crippen molar-refractivity contribution >= 4 is 34.4 Å². The van der Waals surface area contributed by atoms with E-state index < -0.39 is 11.0 Å².